The van der Waals surface area contributed by atoms with Gasteiger partial charge in [0.25, 0.3) is 0 Å². The van der Waals surface area contributed by atoms with Crippen molar-refractivity contribution in [1.82, 2.24) is 20.6 Å². The SMILES string of the molecule is COCC1CN(c2nc(Cl)nc3c2CCNC3)CCN1. The summed E-state index contributed by atoms with van der Waals surface area (Å²) >= 11 is 6.08. The van der Waals surface area contributed by atoms with Gasteiger partial charge < -0.3 is 20.3 Å². The molecule has 3 rings (SSSR count). The van der Waals surface area contributed by atoms with Gasteiger partial charge in [-0.05, 0) is 24.6 Å². The molecule has 1 unspecified atom stereocenters. The Bertz CT molecular complexity index is 482. The molecule has 1 aromatic rings. The van der Waals surface area contributed by atoms with E-state index in [2.05, 4.69) is 25.5 Å². The Labute approximate surface area is 123 Å². The van der Waals surface area contributed by atoms with E-state index in [1.54, 1.807) is 7.11 Å². The summed E-state index contributed by atoms with van der Waals surface area (Å²) in [7, 11) is 1.73. The largest absolute Gasteiger partial charge is 0.383 e. The van der Waals surface area contributed by atoms with Gasteiger partial charge in [-0.2, -0.15) is 0 Å². The van der Waals surface area contributed by atoms with Crippen molar-refractivity contribution in [3.63, 3.8) is 0 Å². The molecular formula is C13H20ClN5O. The van der Waals surface area contributed by atoms with E-state index in [9.17, 15) is 0 Å². The van der Waals surface area contributed by atoms with Gasteiger partial charge in [0.15, 0.2) is 0 Å². The van der Waals surface area contributed by atoms with Gasteiger partial charge in [0.1, 0.15) is 5.82 Å². The first kappa shape index (κ1) is 14.0. The van der Waals surface area contributed by atoms with Crippen LogP contribution in [0.5, 0.6) is 0 Å². The molecule has 1 saturated heterocycles. The zero-order chi connectivity index (χ0) is 13.9. The Morgan fingerprint density at radius 2 is 2.30 bits per heavy atom. The minimum atomic E-state index is 0.333. The molecule has 1 aromatic heterocycles. The lowest BCUT2D eigenvalue weighted by molar-refractivity contribution is 0.163. The lowest BCUT2D eigenvalue weighted by atomic mass is 10.1. The maximum Gasteiger partial charge on any atom is 0.224 e. The number of ether oxygens (including phenoxy) is 1. The van der Waals surface area contributed by atoms with E-state index in [1.807, 2.05) is 0 Å². The van der Waals surface area contributed by atoms with E-state index in [4.69, 9.17) is 16.3 Å². The quantitative estimate of drug-likeness (QED) is 0.777. The number of methoxy groups -OCH3 is 1. The molecule has 0 amide bonds. The molecule has 110 valence electrons. The molecule has 2 N–H and O–H groups in total. The lowest BCUT2D eigenvalue weighted by Gasteiger charge is -2.36. The first-order valence-electron chi connectivity index (χ1n) is 7.01. The molecular weight excluding hydrogens is 278 g/mol. The van der Waals surface area contributed by atoms with Crippen molar-refractivity contribution >= 4 is 17.4 Å². The molecule has 3 heterocycles. The molecule has 0 radical (unpaired) electrons. The summed E-state index contributed by atoms with van der Waals surface area (Å²) in [5.41, 5.74) is 2.28. The monoisotopic (exact) mass is 297 g/mol. The summed E-state index contributed by atoms with van der Waals surface area (Å²) in [5, 5.41) is 7.12. The van der Waals surface area contributed by atoms with Crippen molar-refractivity contribution < 1.29 is 4.74 Å². The van der Waals surface area contributed by atoms with Crippen LogP contribution in [-0.4, -0.2) is 55.9 Å². The van der Waals surface area contributed by atoms with Gasteiger partial charge in [0, 0.05) is 44.9 Å². The van der Waals surface area contributed by atoms with Gasteiger partial charge in [0.05, 0.1) is 12.3 Å². The topological polar surface area (TPSA) is 62.3 Å². The first-order valence-corrected chi connectivity index (χ1v) is 7.39. The van der Waals surface area contributed by atoms with Crippen LogP contribution in [-0.2, 0) is 17.7 Å². The summed E-state index contributed by atoms with van der Waals surface area (Å²) in [6.07, 6.45) is 0.959. The average Bonchev–Trinajstić information content (AvgIpc) is 2.47. The standard InChI is InChI=1S/C13H20ClN5O/c1-20-8-9-7-19(5-4-16-9)12-10-2-3-15-6-11(10)17-13(14)18-12/h9,15-16H,2-8H2,1H3. The molecule has 2 aliphatic rings. The molecule has 7 heteroatoms. The van der Waals surface area contributed by atoms with E-state index >= 15 is 0 Å². The number of hydrogen-bond donors (Lipinski definition) is 2. The van der Waals surface area contributed by atoms with Crippen molar-refractivity contribution in [2.24, 2.45) is 0 Å². The maximum atomic E-state index is 6.08. The third-order valence-corrected chi connectivity index (χ3v) is 3.98. The van der Waals surface area contributed by atoms with Crippen LogP contribution in [0.3, 0.4) is 0 Å². The molecule has 1 fully saturated rings. The number of rotatable bonds is 3. The highest BCUT2D eigenvalue weighted by atomic mass is 35.5. The summed E-state index contributed by atoms with van der Waals surface area (Å²) < 4.78 is 5.24. The number of piperazine rings is 1. The van der Waals surface area contributed by atoms with Crippen molar-refractivity contribution in [2.45, 2.75) is 19.0 Å². The van der Waals surface area contributed by atoms with Crippen molar-refractivity contribution in [2.75, 3.05) is 44.8 Å². The van der Waals surface area contributed by atoms with Crippen LogP contribution in [0.25, 0.3) is 0 Å². The second-order valence-corrected chi connectivity index (χ2v) is 5.56. The fourth-order valence-electron chi connectivity index (χ4n) is 2.90. The average molecular weight is 298 g/mol. The summed E-state index contributed by atoms with van der Waals surface area (Å²) in [4.78, 5) is 11.1. The van der Waals surface area contributed by atoms with E-state index in [0.717, 1.165) is 50.7 Å². The van der Waals surface area contributed by atoms with Crippen LogP contribution in [0, 0.1) is 0 Å². The van der Waals surface area contributed by atoms with E-state index in [-0.39, 0.29) is 0 Å². The smallest absolute Gasteiger partial charge is 0.224 e. The van der Waals surface area contributed by atoms with Gasteiger partial charge in [-0.15, -0.1) is 0 Å². The fourth-order valence-corrected chi connectivity index (χ4v) is 3.08. The summed E-state index contributed by atoms with van der Waals surface area (Å²) in [6.45, 7) is 5.22. The highest BCUT2D eigenvalue weighted by Gasteiger charge is 2.25. The lowest BCUT2D eigenvalue weighted by Crippen LogP contribution is -2.53. The normalized spacial score (nSPS) is 22.7. The van der Waals surface area contributed by atoms with E-state index in [0.29, 0.717) is 17.9 Å². The van der Waals surface area contributed by atoms with Crippen LogP contribution in [0.4, 0.5) is 5.82 Å². The minimum absolute atomic E-state index is 0.333. The van der Waals surface area contributed by atoms with Crippen LogP contribution in [0.1, 0.15) is 11.3 Å². The number of hydrogen-bond acceptors (Lipinski definition) is 6. The van der Waals surface area contributed by atoms with E-state index in [1.165, 1.54) is 5.56 Å². The van der Waals surface area contributed by atoms with Crippen LogP contribution >= 0.6 is 11.6 Å². The highest BCUT2D eigenvalue weighted by Crippen LogP contribution is 2.26. The summed E-state index contributed by atoms with van der Waals surface area (Å²) in [5.74, 6) is 1.00. The zero-order valence-electron chi connectivity index (χ0n) is 11.7. The van der Waals surface area contributed by atoms with Crippen LogP contribution < -0.4 is 15.5 Å². The number of anilines is 1. The number of fused-ring (bicyclic) bond motifs is 1. The molecule has 0 aliphatic carbocycles. The van der Waals surface area contributed by atoms with Crippen molar-refractivity contribution in [1.29, 1.82) is 0 Å². The maximum absolute atomic E-state index is 6.08. The van der Waals surface area contributed by atoms with E-state index < -0.39 is 0 Å². The van der Waals surface area contributed by atoms with Gasteiger partial charge in [-0.3, -0.25) is 0 Å². The number of halogens is 1. The van der Waals surface area contributed by atoms with Crippen molar-refractivity contribution in [3.05, 3.63) is 16.5 Å². The second-order valence-electron chi connectivity index (χ2n) is 5.22. The minimum Gasteiger partial charge on any atom is -0.383 e. The van der Waals surface area contributed by atoms with Crippen molar-refractivity contribution in [3.8, 4) is 0 Å². The molecule has 2 aliphatic heterocycles. The Hall–Kier alpha value is -0.950. The second kappa shape index (κ2) is 6.22. The van der Waals surface area contributed by atoms with Gasteiger partial charge >= 0.3 is 0 Å². The highest BCUT2D eigenvalue weighted by molar-refractivity contribution is 6.28. The fraction of sp³-hybridized carbons (Fsp3) is 0.692. The molecule has 6 nitrogen and oxygen atoms in total. The molecule has 1 atom stereocenters. The molecule has 0 bridgehead atoms. The Morgan fingerprint density at radius 1 is 1.40 bits per heavy atom. The molecule has 0 saturated carbocycles. The van der Waals surface area contributed by atoms with Crippen LogP contribution in [0.2, 0.25) is 5.28 Å². The third kappa shape index (κ3) is 2.88. The Morgan fingerprint density at radius 3 is 3.15 bits per heavy atom. The van der Waals surface area contributed by atoms with Gasteiger partial charge in [-0.1, -0.05) is 0 Å². The Balaban J connectivity index is 1.87. The molecule has 20 heavy (non-hydrogen) atoms. The Kier molecular flexibility index (Phi) is 4.35. The number of aromatic nitrogens is 2. The predicted molar refractivity (Wildman–Crippen MR) is 78.3 cm³/mol. The van der Waals surface area contributed by atoms with Crippen LogP contribution in [0.15, 0.2) is 0 Å². The van der Waals surface area contributed by atoms with Gasteiger partial charge in [-0.25, -0.2) is 9.97 Å². The zero-order valence-corrected chi connectivity index (χ0v) is 12.4. The van der Waals surface area contributed by atoms with Gasteiger partial charge in [0.2, 0.25) is 5.28 Å². The third-order valence-electron chi connectivity index (χ3n) is 3.81. The predicted octanol–water partition coefficient (Wildman–Crippen LogP) is 0.200. The molecule has 0 aromatic carbocycles. The number of nitrogens with one attached hydrogen (secondary N) is 2. The number of nitrogens with zero attached hydrogens (tertiary/aromatic N) is 3. The first-order chi connectivity index (χ1) is 9.78. The molecule has 0 spiro atoms. The summed E-state index contributed by atoms with van der Waals surface area (Å²) in [6, 6.07) is 0.333.